The van der Waals surface area contributed by atoms with Crippen LogP contribution in [-0.2, 0) is 6.54 Å². The number of H-pyrrole nitrogens is 1. The Morgan fingerprint density at radius 3 is 2.78 bits per heavy atom. The Hall–Kier alpha value is -2.63. The molecule has 2 heterocycles. The maximum absolute atomic E-state index is 12.5. The van der Waals surface area contributed by atoms with Crippen molar-refractivity contribution in [1.29, 1.82) is 0 Å². The van der Waals surface area contributed by atoms with E-state index in [1.807, 2.05) is 38.1 Å². The second kappa shape index (κ2) is 6.24. The van der Waals surface area contributed by atoms with Crippen LogP contribution in [0.25, 0.3) is 22.4 Å². The Morgan fingerprint density at radius 2 is 2.04 bits per heavy atom. The summed E-state index contributed by atoms with van der Waals surface area (Å²) in [4.78, 5) is 20.0. The van der Waals surface area contributed by atoms with E-state index < -0.39 is 0 Å². The fraction of sp³-hybridized carbons (Fsp3) is 0.353. The van der Waals surface area contributed by atoms with Crippen LogP contribution in [0.2, 0.25) is 0 Å². The Morgan fingerprint density at radius 1 is 1.26 bits per heavy atom. The molecule has 2 aromatic heterocycles. The van der Waals surface area contributed by atoms with Crippen molar-refractivity contribution in [1.82, 2.24) is 19.7 Å². The van der Waals surface area contributed by atoms with E-state index in [4.69, 9.17) is 4.74 Å². The lowest BCUT2D eigenvalue weighted by Crippen LogP contribution is -2.11. The summed E-state index contributed by atoms with van der Waals surface area (Å²) in [5.74, 6) is 1.21. The molecule has 0 unspecified atom stereocenters. The van der Waals surface area contributed by atoms with E-state index in [1.54, 1.807) is 4.68 Å². The van der Waals surface area contributed by atoms with Crippen molar-refractivity contribution in [3.63, 3.8) is 0 Å². The van der Waals surface area contributed by atoms with Crippen LogP contribution >= 0.6 is 0 Å². The van der Waals surface area contributed by atoms with E-state index in [1.165, 1.54) is 0 Å². The van der Waals surface area contributed by atoms with Crippen molar-refractivity contribution in [2.45, 2.75) is 33.7 Å². The molecule has 0 fully saturated rings. The van der Waals surface area contributed by atoms with Crippen LogP contribution in [0.5, 0.6) is 5.75 Å². The smallest absolute Gasteiger partial charge is 0.262 e. The third-order valence-corrected chi connectivity index (χ3v) is 3.65. The molecule has 0 saturated carbocycles. The zero-order chi connectivity index (χ0) is 16.4. The van der Waals surface area contributed by atoms with Crippen LogP contribution in [0.15, 0.2) is 29.1 Å². The molecule has 120 valence electrons. The van der Waals surface area contributed by atoms with Crippen molar-refractivity contribution >= 4 is 11.0 Å². The van der Waals surface area contributed by atoms with Gasteiger partial charge in [0.1, 0.15) is 17.0 Å². The average Bonchev–Trinajstić information content (AvgIpc) is 2.85. The number of benzene rings is 1. The number of hydrogen-bond donors (Lipinski definition) is 1. The van der Waals surface area contributed by atoms with Crippen molar-refractivity contribution in [3.05, 3.63) is 40.3 Å². The SMILES string of the molecule is CCCn1nc(C)c2c(=O)[nH]c(-c3ccccc3OCC)nc21. The molecule has 23 heavy (non-hydrogen) atoms. The van der Waals surface area contributed by atoms with Gasteiger partial charge in [0, 0.05) is 6.54 Å². The van der Waals surface area contributed by atoms with E-state index >= 15 is 0 Å². The minimum Gasteiger partial charge on any atom is -0.493 e. The molecule has 0 aliphatic rings. The topological polar surface area (TPSA) is 72.8 Å². The lowest BCUT2D eigenvalue weighted by molar-refractivity contribution is 0.341. The van der Waals surface area contributed by atoms with Gasteiger partial charge in [-0.05, 0) is 32.4 Å². The average molecular weight is 312 g/mol. The van der Waals surface area contributed by atoms with Crippen molar-refractivity contribution in [2.75, 3.05) is 6.61 Å². The van der Waals surface area contributed by atoms with E-state index in [9.17, 15) is 4.79 Å². The summed E-state index contributed by atoms with van der Waals surface area (Å²) in [5.41, 5.74) is 1.92. The summed E-state index contributed by atoms with van der Waals surface area (Å²) >= 11 is 0. The lowest BCUT2D eigenvalue weighted by atomic mass is 10.2. The van der Waals surface area contributed by atoms with Gasteiger partial charge in [-0.25, -0.2) is 9.67 Å². The number of nitrogens with zero attached hydrogens (tertiary/aromatic N) is 3. The first-order valence-corrected chi connectivity index (χ1v) is 7.85. The standard InChI is InChI=1S/C17H20N4O2/c1-4-10-21-16-14(11(3)20-21)17(22)19-15(18-16)12-8-6-7-9-13(12)23-5-2/h6-9H,4-5,10H2,1-3H3,(H,18,19,22). The third kappa shape index (κ3) is 2.72. The molecule has 1 N–H and O–H groups in total. The molecular formula is C17H20N4O2. The van der Waals surface area contributed by atoms with Crippen LogP contribution < -0.4 is 10.3 Å². The number of aromatic nitrogens is 4. The number of aryl methyl sites for hydroxylation is 2. The fourth-order valence-electron chi connectivity index (χ4n) is 2.69. The van der Waals surface area contributed by atoms with Gasteiger partial charge in [-0.2, -0.15) is 5.10 Å². The molecule has 0 bridgehead atoms. The van der Waals surface area contributed by atoms with Gasteiger partial charge < -0.3 is 9.72 Å². The molecule has 0 saturated heterocycles. The van der Waals surface area contributed by atoms with E-state index in [0.717, 1.165) is 18.5 Å². The number of nitrogens with one attached hydrogen (secondary N) is 1. The Balaban J connectivity index is 2.24. The minimum absolute atomic E-state index is 0.170. The first-order chi connectivity index (χ1) is 11.2. The zero-order valence-corrected chi connectivity index (χ0v) is 13.6. The summed E-state index contributed by atoms with van der Waals surface area (Å²) in [6.45, 7) is 7.11. The summed E-state index contributed by atoms with van der Waals surface area (Å²) in [6, 6.07) is 7.56. The highest BCUT2D eigenvalue weighted by atomic mass is 16.5. The molecule has 6 heteroatoms. The van der Waals surface area contributed by atoms with Gasteiger partial charge in [-0.3, -0.25) is 4.79 Å². The predicted octanol–water partition coefficient (Wildman–Crippen LogP) is 2.90. The maximum Gasteiger partial charge on any atom is 0.262 e. The van der Waals surface area contributed by atoms with E-state index in [0.29, 0.717) is 34.9 Å². The third-order valence-electron chi connectivity index (χ3n) is 3.65. The number of para-hydroxylation sites is 1. The second-order valence-electron chi connectivity index (χ2n) is 5.35. The van der Waals surface area contributed by atoms with Crippen LogP contribution in [0.1, 0.15) is 26.0 Å². The molecule has 0 atom stereocenters. The van der Waals surface area contributed by atoms with Gasteiger partial charge in [0.05, 0.1) is 17.9 Å². The highest BCUT2D eigenvalue weighted by molar-refractivity contribution is 5.79. The van der Waals surface area contributed by atoms with Crippen molar-refractivity contribution in [2.24, 2.45) is 0 Å². The predicted molar refractivity (Wildman–Crippen MR) is 89.8 cm³/mol. The molecule has 0 spiro atoms. The monoisotopic (exact) mass is 312 g/mol. The first-order valence-electron chi connectivity index (χ1n) is 7.85. The molecule has 0 aliphatic carbocycles. The summed E-state index contributed by atoms with van der Waals surface area (Å²) in [5, 5.41) is 4.99. The number of rotatable bonds is 5. The largest absolute Gasteiger partial charge is 0.493 e. The van der Waals surface area contributed by atoms with Crippen LogP contribution in [-0.4, -0.2) is 26.4 Å². The van der Waals surface area contributed by atoms with Crippen molar-refractivity contribution in [3.8, 4) is 17.1 Å². The highest BCUT2D eigenvalue weighted by Gasteiger charge is 2.16. The fourth-order valence-corrected chi connectivity index (χ4v) is 2.69. The molecule has 0 aliphatic heterocycles. The van der Waals surface area contributed by atoms with Crippen LogP contribution in [0, 0.1) is 6.92 Å². The first kappa shape index (κ1) is 15.3. The van der Waals surface area contributed by atoms with E-state index in [-0.39, 0.29) is 5.56 Å². The lowest BCUT2D eigenvalue weighted by Gasteiger charge is -2.09. The summed E-state index contributed by atoms with van der Waals surface area (Å²) in [6.07, 6.45) is 0.926. The summed E-state index contributed by atoms with van der Waals surface area (Å²) in [7, 11) is 0. The number of hydrogen-bond acceptors (Lipinski definition) is 4. The van der Waals surface area contributed by atoms with Crippen LogP contribution in [0.3, 0.4) is 0 Å². The second-order valence-corrected chi connectivity index (χ2v) is 5.35. The molecule has 1 aromatic carbocycles. The van der Waals surface area contributed by atoms with Gasteiger partial charge in [0.2, 0.25) is 0 Å². The van der Waals surface area contributed by atoms with E-state index in [2.05, 4.69) is 22.0 Å². The Bertz CT molecular complexity index is 895. The quantitative estimate of drug-likeness (QED) is 0.786. The van der Waals surface area contributed by atoms with Gasteiger partial charge in [-0.15, -0.1) is 0 Å². The van der Waals surface area contributed by atoms with Gasteiger partial charge in [-0.1, -0.05) is 19.1 Å². The molecular weight excluding hydrogens is 292 g/mol. The normalized spacial score (nSPS) is 11.1. The number of aromatic amines is 1. The molecule has 6 nitrogen and oxygen atoms in total. The van der Waals surface area contributed by atoms with Gasteiger partial charge in [0.15, 0.2) is 5.65 Å². The molecule has 0 amide bonds. The van der Waals surface area contributed by atoms with Crippen molar-refractivity contribution < 1.29 is 4.74 Å². The molecule has 0 radical (unpaired) electrons. The Labute approximate surface area is 134 Å². The van der Waals surface area contributed by atoms with Crippen LogP contribution in [0.4, 0.5) is 0 Å². The molecule has 3 aromatic rings. The Kier molecular flexibility index (Phi) is 4.14. The van der Waals surface area contributed by atoms with Gasteiger partial charge >= 0.3 is 0 Å². The van der Waals surface area contributed by atoms with Gasteiger partial charge in [0.25, 0.3) is 5.56 Å². The minimum atomic E-state index is -0.170. The number of fused-ring (bicyclic) bond motifs is 1. The maximum atomic E-state index is 12.5. The molecule has 3 rings (SSSR count). The zero-order valence-electron chi connectivity index (χ0n) is 13.6. The number of ether oxygens (including phenoxy) is 1. The summed E-state index contributed by atoms with van der Waals surface area (Å²) < 4.78 is 7.44. The highest BCUT2D eigenvalue weighted by Crippen LogP contribution is 2.27.